The van der Waals surface area contributed by atoms with Crippen LogP contribution in [0.25, 0.3) is 0 Å². The van der Waals surface area contributed by atoms with Gasteiger partial charge in [0.25, 0.3) is 17.7 Å². The molecule has 3 amide bonds. The van der Waals surface area contributed by atoms with Gasteiger partial charge in [0.1, 0.15) is 41.6 Å². The SMILES string of the molecule is N#Cc1ccnc(N2C(=O)[C@H](O)C[C@H]2C(=O)N(c2cc(F)cc(F)c2)[C@H](C(=O)NC2CC(F)(F)C2)c2ccccc2Cl)n1. The molecule has 2 N–H and O–H groups in total. The maximum Gasteiger partial charge on any atom is 0.259 e. The van der Waals surface area contributed by atoms with E-state index in [0.717, 1.165) is 23.2 Å². The zero-order chi connectivity index (χ0) is 31.1. The largest absolute Gasteiger partial charge is 0.383 e. The molecule has 2 fully saturated rings. The molecule has 3 aromatic rings. The number of nitriles is 1. The van der Waals surface area contributed by atoms with Crippen LogP contribution >= 0.6 is 11.6 Å². The van der Waals surface area contributed by atoms with Crippen LogP contribution in [0.5, 0.6) is 0 Å². The first-order chi connectivity index (χ1) is 20.4. The Morgan fingerprint density at radius 3 is 2.47 bits per heavy atom. The molecule has 1 aliphatic carbocycles. The summed E-state index contributed by atoms with van der Waals surface area (Å²) in [7, 11) is 0. The highest BCUT2D eigenvalue weighted by atomic mass is 35.5. The minimum absolute atomic E-state index is 0.0232. The summed E-state index contributed by atoms with van der Waals surface area (Å²) >= 11 is 6.41. The fraction of sp³-hybridized carbons (Fsp3) is 0.286. The third-order valence-electron chi connectivity index (χ3n) is 7.04. The number of nitrogens with zero attached hydrogens (tertiary/aromatic N) is 5. The Morgan fingerprint density at radius 1 is 1.16 bits per heavy atom. The Labute approximate surface area is 246 Å². The molecule has 1 aromatic heterocycles. The van der Waals surface area contributed by atoms with Crippen molar-refractivity contribution in [2.45, 2.75) is 49.4 Å². The lowest BCUT2D eigenvalue weighted by Crippen LogP contribution is -2.56. The number of hydrogen-bond acceptors (Lipinski definition) is 7. The summed E-state index contributed by atoms with van der Waals surface area (Å²) in [6.45, 7) is 0. The zero-order valence-corrected chi connectivity index (χ0v) is 22.7. The fourth-order valence-corrected chi connectivity index (χ4v) is 5.33. The average Bonchev–Trinajstić information content (AvgIpc) is 3.24. The van der Waals surface area contributed by atoms with Gasteiger partial charge in [-0.1, -0.05) is 29.8 Å². The smallest absolute Gasteiger partial charge is 0.259 e. The minimum atomic E-state index is -3.00. The number of hydrogen-bond donors (Lipinski definition) is 2. The van der Waals surface area contributed by atoms with Crippen molar-refractivity contribution in [3.63, 3.8) is 0 Å². The molecular weight excluding hydrogens is 596 g/mol. The zero-order valence-electron chi connectivity index (χ0n) is 21.9. The van der Waals surface area contributed by atoms with Gasteiger partial charge >= 0.3 is 0 Å². The van der Waals surface area contributed by atoms with Crippen molar-refractivity contribution >= 4 is 41.0 Å². The highest BCUT2D eigenvalue weighted by Crippen LogP contribution is 2.40. The van der Waals surface area contributed by atoms with E-state index < -0.39 is 90.4 Å². The molecule has 0 bridgehead atoms. The minimum Gasteiger partial charge on any atom is -0.383 e. The maximum atomic E-state index is 14.5. The molecule has 1 saturated heterocycles. The van der Waals surface area contributed by atoms with Gasteiger partial charge in [0, 0.05) is 48.2 Å². The Bertz CT molecular complexity index is 1630. The van der Waals surface area contributed by atoms with Crippen LogP contribution in [0, 0.1) is 23.0 Å². The lowest BCUT2D eigenvalue weighted by Gasteiger charge is -2.39. The molecule has 0 unspecified atom stereocenters. The summed E-state index contributed by atoms with van der Waals surface area (Å²) in [4.78, 5) is 50.5. The number of anilines is 2. The van der Waals surface area contributed by atoms with Crippen LogP contribution in [0.3, 0.4) is 0 Å². The molecule has 15 heteroatoms. The van der Waals surface area contributed by atoms with Crippen molar-refractivity contribution in [2.75, 3.05) is 9.80 Å². The quantitative estimate of drug-likeness (QED) is 0.388. The number of rotatable bonds is 7. The number of amides is 3. The van der Waals surface area contributed by atoms with E-state index in [2.05, 4.69) is 15.3 Å². The van der Waals surface area contributed by atoms with Crippen molar-refractivity contribution < 1.29 is 37.1 Å². The predicted octanol–water partition coefficient (Wildman–Crippen LogP) is 3.43. The second-order valence-corrected chi connectivity index (χ2v) is 10.5. The predicted molar refractivity (Wildman–Crippen MR) is 143 cm³/mol. The van der Waals surface area contributed by atoms with E-state index in [0.29, 0.717) is 11.0 Å². The van der Waals surface area contributed by atoms with Crippen molar-refractivity contribution in [3.05, 3.63) is 82.6 Å². The lowest BCUT2D eigenvalue weighted by molar-refractivity contribution is -0.133. The normalized spacial score (nSPS) is 20.2. The number of halogens is 5. The van der Waals surface area contributed by atoms with E-state index >= 15 is 0 Å². The Hall–Kier alpha value is -4.61. The molecule has 2 aliphatic rings. The van der Waals surface area contributed by atoms with E-state index in [1.807, 2.05) is 0 Å². The van der Waals surface area contributed by atoms with Gasteiger partial charge in [-0.15, -0.1) is 0 Å². The third kappa shape index (κ3) is 5.99. The molecule has 5 rings (SSSR count). The molecule has 0 spiro atoms. The van der Waals surface area contributed by atoms with E-state index in [1.54, 1.807) is 6.07 Å². The van der Waals surface area contributed by atoms with Crippen molar-refractivity contribution in [3.8, 4) is 6.07 Å². The van der Waals surface area contributed by atoms with Gasteiger partial charge in [0.2, 0.25) is 11.9 Å². The number of carbonyl (C=O) groups excluding carboxylic acids is 3. The maximum absolute atomic E-state index is 14.5. The molecule has 3 atom stereocenters. The Morgan fingerprint density at radius 2 is 1.84 bits per heavy atom. The second-order valence-electron chi connectivity index (χ2n) is 10.1. The second kappa shape index (κ2) is 11.6. The first-order valence-electron chi connectivity index (χ1n) is 12.8. The van der Waals surface area contributed by atoms with E-state index in [1.165, 1.54) is 30.3 Å². The number of alkyl halides is 2. The number of aliphatic hydroxyl groups excluding tert-OH is 1. The topological polar surface area (TPSA) is 140 Å². The van der Waals surface area contributed by atoms with Crippen molar-refractivity contribution in [1.29, 1.82) is 5.26 Å². The van der Waals surface area contributed by atoms with Gasteiger partial charge in [0.15, 0.2) is 0 Å². The first-order valence-corrected chi connectivity index (χ1v) is 13.2. The molecular formula is C28H21ClF4N6O4. The standard InChI is InChI=1S/C28H21ClF4N6O4/c29-20-4-2-1-3-19(20)23(24(41)36-17-11-28(32,33)12-17)38(18-8-14(30)7-15(31)9-18)25(42)21-10-22(40)26(43)39(21)27-35-6-5-16(13-34)37-27/h1-9,17,21-23,40H,10-12H2,(H,36,41)/t21-,22+,23-/m0/s1. The van der Waals surface area contributed by atoms with Gasteiger partial charge < -0.3 is 10.4 Å². The van der Waals surface area contributed by atoms with Crippen LogP contribution in [-0.4, -0.2) is 56.9 Å². The van der Waals surface area contributed by atoms with Crippen LogP contribution in [0.4, 0.5) is 29.2 Å². The molecule has 222 valence electrons. The number of aliphatic hydroxyl groups is 1. The molecule has 0 radical (unpaired) electrons. The highest BCUT2D eigenvalue weighted by Gasteiger charge is 2.50. The molecule has 2 aromatic carbocycles. The van der Waals surface area contributed by atoms with E-state index in [9.17, 15) is 42.3 Å². The number of benzene rings is 2. The highest BCUT2D eigenvalue weighted by molar-refractivity contribution is 6.31. The summed E-state index contributed by atoms with van der Waals surface area (Å²) in [5.74, 6) is -8.76. The number of nitrogens with one attached hydrogen (secondary N) is 1. The molecule has 2 heterocycles. The molecule has 43 heavy (non-hydrogen) atoms. The summed E-state index contributed by atoms with van der Waals surface area (Å²) in [6, 6.07) is 6.43. The molecule has 1 aliphatic heterocycles. The van der Waals surface area contributed by atoms with Gasteiger partial charge in [-0.2, -0.15) is 5.26 Å². The van der Waals surface area contributed by atoms with Gasteiger partial charge in [0.05, 0.1) is 5.69 Å². The van der Waals surface area contributed by atoms with Crippen LogP contribution in [0.1, 0.15) is 36.6 Å². The summed E-state index contributed by atoms with van der Waals surface area (Å²) < 4.78 is 56.3. The van der Waals surface area contributed by atoms with Crippen LogP contribution in [0.15, 0.2) is 54.7 Å². The third-order valence-corrected chi connectivity index (χ3v) is 7.39. The summed E-state index contributed by atoms with van der Waals surface area (Å²) in [5, 5.41) is 22.1. The summed E-state index contributed by atoms with van der Waals surface area (Å²) in [5.41, 5.74) is -0.660. The van der Waals surface area contributed by atoms with Crippen LogP contribution < -0.4 is 15.1 Å². The van der Waals surface area contributed by atoms with Gasteiger partial charge in [-0.25, -0.2) is 27.5 Å². The molecule has 1 saturated carbocycles. The Balaban J connectivity index is 1.65. The first kappa shape index (κ1) is 29.9. The fourth-order valence-electron chi connectivity index (χ4n) is 5.09. The lowest BCUT2D eigenvalue weighted by atomic mass is 9.87. The van der Waals surface area contributed by atoms with Crippen LogP contribution in [0.2, 0.25) is 5.02 Å². The van der Waals surface area contributed by atoms with Crippen molar-refractivity contribution in [2.24, 2.45) is 0 Å². The Kier molecular flexibility index (Phi) is 8.04. The van der Waals surface area contributed by atoms with E-state index in [4.69, 9.17) is 11.6 Å². The molecule has 10 nitrogen and oxygen atoms in total. The van der Waals surface area contributed by atoms with Crippen LogP contribution in [-0.2, 0) is 14.4 Å². The number of carbonyl (C=O) groups is 3. The van der Waals surface area contributed by atoms with Crippen molar-refractivity contribution in [1.82, 2.24) is 15.3 Å². The summed E-state index contributed by atoms with van der Waals surface area (Å²) in [6.07, 6.45) is -2.47. The average molecular weight is 617 g/mol. The van der Waals surface area contributed by atoms with E-state index in [-0.39, 0.29) is 16.3 Å². The number of aromatic nitrogens is 2. The van der Waals surface area contributed by atoms with Gasteiger partial charge in [-0.3, -0.25) is 24.2 Å². The monoisotopic (exact) mass is 616 g/mol. The van der Waals surface area contributed by atoms with Gasteiger partial charge in [-0.05, 0) is 24.3 Å².